The lowest BCUT2D eigenvalue weighted by Gasteiger charge is -2.27. The molecule has 96 valence electrons. The summed E-state index contributed by atoms with van der Waals surface area (Å²) in [6.45, 7) is 10.3. The van der Waals surface area contributed by atoms with Crippen molar-refractivity contribution >= 4 is 17.9 Å². The molecule has 0 saturated heterocycles. The van der Waals surface area contributed by atoms with Crippen molar-refractivity contribution in [2.75, 3.05) is 38.1 Å². The molecular weight excluding hydrogens is 232 g/mol. The topological polar surface area (TPSA) is 23.6 Å². The first kappa shape index (κ1) is 14.3. The van der Waals surface area contributed by atoms with Gasteiger partial charge < -0.3 is 9.80 Å². The van der Waals surface area contributed by atoms with Gasteiger partial charge in [-0.3, -0.25) is 4.79 Å². The number of rotatable bonds is 7. The van der Waals surface area contributed by atoms with Crippen LogP contribution in [0.4, 0.5) is 5.69 Å². The van der Waals surface area contributed by atoms with Crippen molar-refractivity contribution in [3.63, 3.8) is 0 Å². The molecule has 0 aromatic heterocycles. The maximum Gasteiger partial charge on any atom is 0.220 e. The molecule has 1 rings (SSSR count). The summed E-state index contributed by atoms with van der Waals surface area (Å²) < 4.78 is 0.539. The highest BCUT2D eigenvalue weighted by atomic mass is 32.1. The molecule has 0 saturated carbocycles. The third kappa shape index (κ3) is 2.93. The predicted molar refractivity (Wildman–Crippen MR) is 76.4 cm³/mol. The second-order valence-corrected chi connectivity index (χ2v) is 4.70. The zero-order valence-electron chi connectivity index (χ0n) is 11.2. The zero-order chi connectivity index (χ0) is 13.0. The molecule has 0 radical (unpaired) electrons. The molecule has 0 aliphatic rings. The summed E-state index contributed by atoms with van der Waals surface area (Å²) in [5.41, 5.74) is 1.95. The number of hydrogen-bond acceptors (Lipinski definition) is 4. The largest absolute Gasteiger partial charge is 0.370 e. The summed E-state index contributed by atoms with van der Waals surface area (Å²) in [6.07, 6.45) is 0.857. The van der Waals surface area contributed by atoms with E-state index in [1.807, 2.05) is 14.0 Å². The van der Waals surface area contributed by atoms with Crippen molar-refractivity contribution in [1.82, 2.24) is 4.90 Å². The molecule has 0 heterocycles. The Labute approximate surface area is 109 Å². The molecule has 0 aliphatic carbocycles. The number of likely N-dealkylation sites (N-methyl/N-ethyl adjacent to an activating group) is 2. The van der Waals surface area contributed by atoms with Crippen LogP contribution in [0, 0.1) is 4.51 Å². The molecule has 1 aromatic carbocycles. The Morgan fingerprint density at radius 2 is 1.71 bits per heavy atom. The molecular formula is C13H22N2OS. The molecule has 3 nitrogen and oxygen atoms in total. The van der Waals surface area contributed by atoms with Gasteiger partial charge in [-0.05, 0) is 19.5 Å². The minimum absolute atomic E-state index is 0.0545. The van der Waals surface area contributed by atoms with Crippen molar-refractivity contribution < 1.29 is 0 Å². The van der Waals surface area contributed by atoms with Gasteiger partial charge in [0.15, 0.2) is 0 Å². The van der Waals surface area contributed by atoms with Gasteiger partial charge >= 0.3 is 0 Å². The lowest BCUT2D eigenvalue weighted by Crippen LogP contribution is -2.37. The van der Waals surface area contributed by atoms with Crippen molar-refractivity contribution in [3.05, 3.63) is 20.3 Å². The first-order valence-corrected chi connectivity index (χ1v) is 6.73. The van der Waals surface area contributed by atoms with E-state index in [1.54, 1.807) is 0 Å². The fraction of sp³-hybridized carbons (Fsp3) is 0.692. The van der Waals surface area contributed by atoms with Crippen LogP contribution in [0.2, 0.25) is 0 Å². The van der Waals surface area contributed by atoms with Crippen molar-refractivity contribution in [2.45, 2.75) is 27.2 Å². The van der Waals surface area contributed by atoms with E-state index in [-0.39, 0.29) is 5.43 Å². The van der Waals surface area contributed by atoms with Gasteiger partial charge in [0, 0.05) is 25.7 Å². The Morgan fingerprint density at radius 3 is 2.18 bits per heavy atom. The summed E-state index contributed by atoms with van der Waals surface area (Å²) in [7, 11) is 1.98. The zero-order valence-corrected chi connectivity index (χ0v) is 12.1. The van der Waals surface area contributed by atoms with E-state index in [1.165, 1.54) is 0 Å². The lowest BCUT2D eigenvalue weighted by atomic mass is 10.0. The summed E-state index contributed by atoms with van der Waals surface area (Å²) in [5, 5.41) is 0. The van der Waals surface area contributed by atoms with Gasteiger partial charge in [0.25, 0.3) is 0 Å². The van der Waals surface area contributed by atoms with Crippen molar-refractivity contribution in [2.24, 2.45) is 0 Å². The number of nitrogens with zero attached hydrogens (tertiary/aromatic N) is 2. The minimum atomic E-state index is 0.0545. The summed E-state index contributed by atoms with van der Waals surface area (Å²) in [6, 6.07) is 0. The molecule has 0 N–H and O–H groups in total. The van der Waals surface area contributed by atoms with Gasteiger partial charge in [-0.2, -0.15) is 0 Å². The van der Waals surface area contributed by atoms with Crippen LogP contribution in [0.25, 0.3) is 0 Å². The standard InChI is InChI=1S/C13H22N2OS/c1-5-10-11(12(16)13(10)17)14(4)8-9-15(6-2)7-3/h5-9H2,1-4H3. The summed E-state index contributed by atoms with van der Waals surface area (Å²) >= 11 is 5.06. The molecule has 1 aromatic rings. The Hall–Kier alpha value is -0.740. The molecule has 0 aliphatic heterocycles. The Kier molecular flexibility index (Phi) is 5.28. The molecule has 17 heavy (non-hydrogen) atoms. The van der Waals surface area contributed by atoms with Crippen LogP contribution in [0.5, 0.6) is 0 Å². The Balaban J connectivity index is 2.65. The van der Waals surface area contributed by atoms with E-state index in [0.29, 0.717) is 4.51 Å². The smallest absolute Gasteiger partial charge is 0.220 e. The third-order valence-corrected chi connectivity index (χ3v) is 3.79. The van der Waals surface area contributed by atoms with Crippen LogP contribution in [0.3, 0.4) is 0 Å². The van der Waals surface area contributed by atoms with Crippen molar-refractivity contribution in [3.8, 4) is 0 Å². The van der Waals surface area contributed by atoms with E-state index in [4.69, 9.17) is 12.2 Å². The van der Waals surface area contributed by atoms with Crippen LogP contribution in [0.1, 0.15) is 26.3 Å². The first-order valence-electron chi connectivity index (χ1n) is 6.32. The quantitative estimate of drug-likeness (QED) is 0.694. The second-order valence-electron chi connectivity index (χ2n) is 4.29. The average Bonchev–Trinajstić information content (AvgIpc) is 2.35. The van der Waals surface area contributed by atoms with E-state index < -0.39 is 0 Å². The van der Waals surface area contributed by atoms with Crippen LogP contribution in [0.15, 0.2) is 4.79 Å². The number of anilines is 1. The third-order valence-electron chi connectivity index (χ3n) is 3.36. The van der Waals surface area contributed by atoms with E-state index in [0.717, 1.165) is 43.9 Å². The molecule has 0 unspecified atom stereocenters. The summed E-state index contributed by atoms with van der Waals surface area (Å²) in [4.78, 5) is 16.1. The minimum Gasteiger partial charge on any atom is -0.370 e. The van der Waals surface area contributed by atoms with E-state index in [2.05, 4.69) is 23.6 Å². The fourth-order valence-corrected chi connectivity index (χ4v) is 2.44. The van der Waals surface area contributed by atoms with Crippen LogP contribution in [-0.2, 0) is 6.42 Å². The maximum atomic E-state index is 11.7. The fourth-order valence-electron chi connectivity index (χ4n) is 2.10. The molecule has 0 spiro atoms. The SMILES string of the molecule is CCc1c(N(C)CCN(CC)CC)c(=O)c1=S. The average molecular weight is 254 g/mol. The highest BCUT2D eigenvalue weighted by molar-refractivity contribution is 7.71. The predicted octanol–water partition coefficient (Wildman–Crippen LogP) is 1.99. The Morgan fingerprint density at radius 1 is 1.12 bits per heavy atom. The maximum absolute atomic E-state index is 11.7. The van der Waals surface area contributed by atoms with Gasteiger partial charge in [-0.1, -0.05) is 33.0 Å². The molecule has 0 atom stereocenters. The normalized spacial score (nSPS) is 11.4. The van der Waals surface area contributed by atoms with E-state index in [9.17, 15) is 4.79 Å². The van der Waals surface area contributed by atoms with Crippen molar-refractivity contribution in [1.29, 1.82) is 0 Å². The molecule has 0 fully saturated rings. The monoisotopic (exact) mass is 254 g/mol. The molecule has 4 heteroatoms. The second kappa shape index (κ2) is 6.26. The highest BCUT2D eigenvalue weighted by Crippen LogP contribution is 2.20. The van der Waals surface area contributed by atoms with Crippen LogP contribution >= 0.6 is 12.2 Å². The Bertz CT molecular complexity index is 431. The van der Waals surface area contributed by atoms with Gasteiger partial charge in [-0.25, -0.2) is 0 Å². The molecule has 0 amide bonds. The number of hydrogen-bond donors (Lipinski definition) is 0. The van der Waals surface area contributed by atoms with Crippen LogP contribution < -0.4 is 10.3 Å². The van der Waals surface area contributed by atoms with Gasteiger partial charge in [-0.15, -0.1) is 0 Å². The van der Waals surface area contributed by atoms with E-state index >= 15 is 0 Å². The summed E-state index contributed by atoms with van der Waals surface area (Å²) in [5.74, 6) is 0. The highest BCUT2D eigenvalue weighted by Gasteiger charge is 2.19. The first-order chi connectivity index (χ1) is 8.06. The van der Waals surface area contributed by atoms with Gasteiger partial charge in [0.05, 0.1) is 10.2 Å². The van der Waals surface area contributed by atoms with Gasteiger partial charge in [0.2, 0.25) is 5.43 Å². The van der Waals surface area contributed by atoms with Gasteiger partial charge in [0.1, 0.15) is 0 Å². The lowest BCUT2D eigenvalue weighted by molar-refractivity contribution is 0.311. The van der Waals surface area contributed by atoms with Crippen LogP contribution in [-0.4, -0.2) is 38.1 Å². The molecule has 0 bridgehead atoms.